The summed E-state index contributed by atoms with van der Waals surface area (Å²) in [6.45, 7) is 2.18. The van der Waals surface area contributed by atoms with Crippen LogP contribution in [-0.2, 0) is 16.3 Å². The van der Waals surface area contributed by atoms with Gasteiger partial charge >= 0.3 is 0 Å². The minimum Gasteiger partial charge on any atom is -0.357 e. The van der Waals surface area contributed by atoms with Crippen molar-refractivity contribution in [3.63, 3.8) is 0 Å². The largest absolute Gasteiger partial charge is 0.357 e. The monoisotopic (exact) mass is 438 g/mol. The molecule has 4 rings (SSSR count). The van der Waals surface area contributed by atoms with Crippen molar-refractivity contribution in [2.45, 2.75) is 31.1 Å². The third-order valence-corrected chi connectivity index (χ3v) is 6.60. The molecule has 0 saturated heterocycles. The zero-order valence-electron chi connectivity index (χ0n) is 16.9. The van der Waals surface area contributed by atoms with Crippen molar-refractivity contribution in [2.24, 2.45) is 0 Å². The summed E-state index contributed by atoms with van der Waals surface area (Å²) in [5, 5.41) is 0.608. The molecule has 1 N–H and O–H groups in total. The fourth-order valence-electron chi connectivity index (χ4n) is 3.51. The van der Waals surface area contributed by atoms with Crippen molar-refractivity contribution >= 4 is 32.5 Å². The van der Waals surface area contributed by atoms with E-state index in [1.165, 1.54) is 11.9 Å². The molecule has 0 bridgehead atoms. The normalized spacial score (nSPS) is 11.8. The number of aryl methyl sites for hydroxylation is 1. The Balaban J connectivity index is 1.63. The molecule has 0 atom stereocenters. The van der Waals surface area contributed by atoms with Crippen molar-refractivity contribution < 1.29 is 8.42 Å². The van der Waals surface area contributed by atoms with E-state index in [1.54, 1.807) is 12.1 Å². The number of rotatable bonds is 6. The van der Waals surface area contributed by atoms with Gasteiger partial charge in [-0.2, -0.15) is 0 Å². The van der Waals surface area contributed by atoms with Crippen LogP contribution in [0.4, 0.5) is 0 Å². The van der Waals surface area contributed by atoms with Gasteiger partial charge in [0.15, 0.2) is 9.84 Å². The number of hydrogen-bond donors (Lipinski definition) is 1. The maximum Gasteiger partial charge on any atom is 0.175 e. The average Bonchev–Trinajstić information content (AvgIpc) is 3.13. The van der Waals surface area contributed by atoms with Crippen LogP contribution in [0.2, 0.25) is 5.02 Å². The molecule has 6 heteroatoms. The first-order chi connectivity index (χ1) is 14.3. The van der Waals surface area contributed by atoms with Gasteiger partial charge in [-0.1, -0.05) is 61.3 Å². The summed E-state index contributed by atoms with van der Waals surface area (Å²) < 4.78 is 23.3. The van der Waals surface area contributed by atoms with Crippen molar-refractivity contribution in [1.29, 1.82) is 0 Å². The average molecular weight is 439 g/mol. The predicted molar refractivity (Wildman–Crippen MR) is 124 cm³/mol. The lowest BCUT2D eigenvalue weighted by Gasteiger charge is -2.07. The lowest BCUT2D eigenvalue weighted by atomic mass is 10.0. The first-order valence-corrected chi connectivity index (χ1v) is 12.2. The second-order valence-electron chi connectivity index (χ2n) is 7.52. The number of benzene rings is 2. The Labute approximate surface area is 181 Å². The Kier molecular flexibility index (Phi) is 5.67. The number of hydrogen-bond acceptors (Lipinski definition) is 3. The number of aromatic amines is 1. The van der Waals surface area contributed by atoms with Gasteiger partial charge in [0.05, 0.1) is 26.6 Å². The van der Waals surface area contributed by atoms with Crippen LogP contribution in [0.25, 0.3) is 33.4 Å². The lowest BCUT2D eigenvalue weighted by molar-refractivity contribution is 0.602. The van der Waals surface area contributed by atoms with Crippen LogP contribution in [0.15, 0.2) is 65.6 Å². The number of sulfone groups is 1. The molecular weight excluding hydrogens is 416 g/mol. The SMILES string of the molecule is CCCCc1cc2nc(-c3ccc(-c4ccc(S(C)(=O)=O)cc4)cc3)c(Cl)cc2[nH]1. The van der Waals surface area contributed by atoms with E-state index in [4.69, 9.17) is 16.6 Å². The third kappa shape index (κ3) is 4.27. The third-order valence-electron chi connectivity index (χ3n) is 5.19. The van der Waals surface area contributed by atoms with Gasteiger partial charge in [-0.25, -0.2) is 13.4 Å². The van der Waals surface area contributed by atoms with Gasteiger partial charge in [-0.15, -0.1) is 0 Å². The molecule has 2 aromatic carbocycles. The van der Waals surface area contributed by atoms with Crippen molar-refractivity contribution in [2.75, 3.05) is 6.26 Å². The van der Waals surface area contributed by atoms with Crippen LogP contribution in [0.1, 0.15) is 25.5 Å². The summed E-state index contributed by atoms with van der Waals surface area (Å²) in [5.74, 6) is 0. The molecule has 0 aliphatic heterocycles. The first-order valence-electron chi connectivity index (χ1n) is 9.94. The van der Waals surface area contributed by atoms with E-state index < -0.39 is 9.84 Å². The van der Waals surface area contributed by atoms with E-state index in [2.05, 4.69) is 18.0 Å². The molecule has 2 heterocycles. The predicted octanol–water partition coefficient (Wildman–Crippen LogP) is 6.30. The quantitative estimate of drug-likeness (QED) is 0.384. The molecule has 0 amide bonds. The fraction of sp³-hybridized carbons (Fsp3) is 0.208. The Morgan fingerprint density at radius 3 is 2.13 bits per heavy atom. The number of unbranched alkanes of at least 4 members (excludes halogenated alkanes) is 1. The highest BCUT2D eigenvalue weighted by Gasteiger charge is 2.11. The van der Waals surface area contributed by atoms with Crippen LogP contribution in [0, 0.1) is 0 Å². The van der Waals surface area contributed by atoms with E-state index in [9.17, 15) is 8.42 Å². The first kappa shape index (κ1) is 20.6. The van der Waals surface area contributed by atoms with E-state index in [1.807, 2.05) is 42.5 Å². The van der Waals surface area contributed by atoms with Crippen molar-refractivity contribution in [3.8, 4) is 22.4 Å². The van der Waals surface area contributed by atoms with Gasteiger partial charge in [-0.05, 0) is 48.2 Å². The van der Waals surface area contributed by atoms with Gasteiger partial charge in [-0.3, -0.25) is 0 Å². The van der Waals surface area contributed by atoms with Gasteiger partial charge in [0.1, 0.15) is 0 Å². The zero-order chi connectivity index (χ0) is 21.3. The van der Waals surface area contributed by atoms with E-state index >= 15 is 0 Å². The molecule has 30 heavy (non-hydrogen) atoms. The highest BCUT2D eigenvalue weighted by Crippen LogP contribution is 2.31. The molecule has 0 unspecified atom stereocenters. The second kappa shape index (κ2) is 8.25. The van der Waals surface area contributed by atoms with Gasteiger partial charge in [0, 0.05) is 17.5 Å². The zero-order valence-corrected chi connectivity index (χ0v) is 18.5. The lowest BCUT2D eigenvalue weighted by Crippen LogP contribution is -1.96. The second-order valence-corrected chi connectivity index (χ2v) is 9.95. The fourth-order valence-corrected chi connectivity index (χ4v) is 4.40. The molecule has 0 aliphatic rings. The Morgan fingerprint density at radius 2 is 1.53 bits per heavy atom. The highest BCUT2D eigenvalue weighted by molar-refractivity contribution is 7.90. The Bertz CT molecular complexity index is 1290. The van der Waals surface area contributed by atoms with Crippen LogP contribution in [0.5, 0.6) is 0 Å². The number of pyridine rings is 1. The summed E-state index contributed by atoms with van der Waals surface area (Å²) >= 11 is 6.53. The van der Waals surface area contributed by atoms with E-state index in [0.29, 0.717) is 9.92 Å². The number of H-pyrrole nitrogens is 1. The minimum atomic E-state index is -3.20. The van der Waals surface area contributed by atoms with Crippen LogP contribution in [-0.4, -0.2) is 24.6 Å². The number of aromatic nitrogens is 2. The van der Waals surface area contributed by atoms with Crippen LogP contribution in [0.3, 0.4) is 0 Å². The topological polar surface area (TPSA) is 62.8 Å². The van der Waals surface area contributed by atoms with E-state index in [-0.39, 0.29) is 0 Å². The number of nitrogens with one attached hydrogen (secondary N) is 1. The molecule has 0 spiro atoms. The summed E-state index contributed by atoms with van der Waals surface area (Å²) in [6.07, 6.45) is 4.51. The van der Waals surface area contributed by atoms with E-state index in [0.717, 1.165) is 52.7 Å². The Hall–Kier alpha value is -2.63. The molecule has 0 aliphatic carbocycles. The molecule has 4 nitrogen and oxygen atoms in total. The van der Waals surface area contributed by atoms with Gasteiger partial charge < -0.3 is 4.98 Å². The number of fused-ring (bicyclic) bond motifs is 1. The molecule has 0 saturated carbocycles. The summed E-state index contributed by atoms with van der Waals surface area (Å²) in [4.78, 5) is 8.51. The smallest absolute Gasteiger partial charge is 0.175 e. The molecule has 0 radical (unpaired) electrons. The molecule has 154 valence electrons. The summed E-state index contributed by atoms with van der Waals surface area (Å²) in [7, 11) is -3.20. The number of halogens is 1. The molecule has 2 aromatic heterocycles. The summed E-state index contributed by atoms with van der Waals surface area (Å²) in [6, 6.07) is 18.9. The van der Waals surface area contributed by atoms with Crippen LogP contribution >= 0.6 is 11.6 Å². The van der Waals surface area contributed by atoms with Crippen LogP contribution < -0.4 is 0 Å². The van der Waals surface area contributed by atoms with Gasteiger partial charge in [0.2, 0.25) is 0 Å². The molecule has 4 aromatic rings. The summed E-state index contributed by atoms with van der Waals surface area (Å²) in [5.41, 5.74) is 6.70. The maximum atomic E-state index is 11.6. The van der Waals surface area contributed by atoms with Crippen molar-refractivity contribution in [1.82, 2.24) is 9.97 Å². The Morgan fingerprint density at radius 1 is 0.933 bits per heavy atom. The van der Waals surface area contributed by atoms with Crippen molar-refractivity contribution in [3.05, 3.63) is 71.4 Å². The standard InChI is InChI=1S/C24H23ClN2O2S/c1-3-4-5-19-14-22-23(26-19)15-21(25)24(27-22)18-8-6-16(7-9-18)17-10-12-20(13-11-17)30(2,28)29/h6-15,26H,3-5H2,1-2H3. The minimum absolute atomic E-state index is 0.317. The number of nitrogens with zero attached hydrogens (tertiary/aromatic N) is 1. The highest BCUT2D eigenvalue weighted by atomic mass is 35.5. The van der Waals surface area contributed by atoms with Gasteiger partial charge in [0.25, 0.3) is 0 Å². The maximum absolute atomic E-state index is 11.6. The molecule has 0 fully saturated rings. The molecular formula is C24H23ClN2O2S.